The normalized spacial score (nSPS) is 10.6. The third kappa shape index (κ3) is 2.84. The van der Waals surface area contributed by atoms with Gasteiger partial charge in [0.05, 0.1) is 5.56 Å². The van der Waals surface area contributed by atoms with Crippen LogP contribution in [0.4, 0.5) is 4.39 Å². The molecule has 0 fully saturated rings. The summed E-state index contributed by atoms with van der Waals surface area (Å²) in [7, 11) is 0. The van der Waals surface area contributed by atoms with Crippen molar-refractivity contribution in [2.75, 3.05) is 0 Å². The first-order valence-corrected chi connectivity index (χ1v) is 6.66. The molecule has 2 aromatic heterocycles. The summed E-state index contributed by atoms with van der Waals surface area (Å²) >= 11 is 12.3. The minimum Gasteiger partial charge on any atom is -0.245 e. The van der Waals surface area contributed by atoms with Crippen LogP contribution in [0.2, 0.25) is 10.3 Å². The van der Waals surface area contributed by atoms with Gasteiger partial charge in [0.2, 0.25) is 0 Å². The predicted octanol–water partition coefficient (Wildman–Crippen LogP) is 4.05. The summed E-state index contributed by atoms with van der Waals surface area (Å²) in [5.74, 6) is -0.105. The Bertz CT molecular complexity index is 773. The molecular formula is C14H7Cl2FN4. The van der Waals surface area contributed by atoms with Crippen molar-refractivity contribution in [1.82, 2.24) is 19.9 Å². The van der Waals surface area contributed by atoms with Gasteiger partial charge in [0.25, 0.3) is 0 Å². The second-order valence-corrected chi connectivity index (χ2v) is 4.82. The molecule has 0 radical (unpaired) electrons. The van der Waals surface area contributed by atoms with Crippen LogP contribution in [0.15, 0.2) is 42.9 Å². The van der Waals surface area contributed by atoms with Gasteiger partial charge < -0.3 is 0 Å². The van der Waals surface area contributed by atoms with Crippen LogP contribution in [0.3, 0.4) is 0 Å². The fourth-order valence-corrected chi connectivity index (χ4v) is 2.43. The van der Waals surface area contributed by atoms with Crippen LogP contribution in [-0.4, -0.2) is 19.9 Å². The lowest BCUT2D eigenvalue weighted by atomic mass is 10.1. The Balaban J connectivity index is 2.13. The average Bonchev–Trinajstić information content (AvgIpc) is 2.47. The number of halogens is 3. The molecule has 1 aromatic carbocycles. The molecular weight excluding hydrogens is 314 g/mol. The molecule has 0 bridgehead atoms. The summed E-state index contributed by atoms with van der Waals surface area (Å²) < 4.78 is 13.3. The molecule has 0 unspecified atom stereocenters. The first-order valence-electron chi connectivity index (χ1n) is 5.90. The van der Waals surface area contributed by atoms with Crippen molar-refractivity contribution in [3.8, 4) is 22.6 Å². The van der Waals surface area contributed by atoms with Gasteiger partial charge in [-0.3, -0.25) is 0 Å². The molecule has 0 saturated carbocycles. The van der Waals surface area contributed by atoms with Gasteiger partial charge in [0, 0.05) is 6.20 Å². The molecule has 4 nitrogen and oxygen atoms in total. The number of nitrogens with zero attached hydrogens (tertiary/aromatic N) is 4. The van der Waals surface area contributed by atoms with E-state index in [4.69, 9.17) is 23.2 Å². The van der Waals surface area contributed by atoms with E-state index >= 15 is 0 Å². The molecule has 3 rings (SSSR count). The van der Waals surface area contributed by atoms with Crippen molar-refractivity contribution in [3.05, 3.63) is 59.0 Å². The van der Waals surface area contributed by atoms with Crippen LogP contribution in [0.25, 0.3) is 22.6 Å². The highest BCUT2D eigenvalue weighted by Crippen LogP contribution is 2.33. The van der Waals surface area contributed by atoms with Crippen molar-refractivity contribution >= 4 is 23.2 Å². The maximum Gasteiger partial charge on any atom is 0.181 e. The quantitative estimate of drug-likeness (QED) is 0.668. The zero-order valence-corrected chi connectivity index (χ0v) is 12.0. The molecule has 7 heteroatoms. The molecule has 0 atom stereocenters. The van der Waals surface area contributed by atoms with Gasteiger partial charge in [-0.2, -0.15) is 0 Å². The van der Waals surface area contributed by atoms with E-state index in [9.17, 15) is 4.39 Å². The Morgan fingerprint density at radius 2 is 1.76 bits per heavy atom. The summed E-state index contributed by atoms with van der Waals surface area (Å²) in [6.07, 6.45) is 2.94. The predicted molar refractivity (Wildman–Crippen MR) is 78.5 cm³/mol. The molecule has 2 heterocycles. The van der Waals surface area contributed by atoms with Gasteiger partial charge in [0.15, 0.2) is 5.82 Å². The molecule has 0 aliphatic carbocycles. The zero-order valence-electron chi connectivity index (χ0n) is 10.5. The van der Waals surface area contributed by atoms with E-state index < -0.39 is 0 Å². The molecule has 0 spiro atoms. The standard InChI is InChI=1S/C14H7Cl2FN4/c15-12-11(8-2-1-3-9(17)6-8)13(16)21-14(20-12)10-4-5-18-7-19-10/h1-7H. The summed E-state index contributed by atoms with van der Waals surface area (Å²) in [5.41, 5.74) is 1.40. The Morgan fingerprint density at radius 3 is 2.38 bits per heavy atom. The minimum absolute atomic E-state index is 0.134. The topological polar surface area (TPSA) is 51.6 Å². The highest BCUT2D eigenvalue weighted by atomic mass is 35.5. The first-order chi connectivity index (χ1) is 10.1. The average molecular weight is 321 g/mol. The molecule has 21 heavy (non-hydrogen) atoms. The number of aromatic nitrogens is 4. The summed E-state index contributed by atoms with van der Waals surface area (Å²) in [5, 5.41) is 0.267. The van der Waals surface area contributed by atoms with Crippen molar-refractivity contribution < 1.29 is 4.39 Å². The Labute approximate surface area is 129 Å². The lowest BCUT2D eigenvalue weighted by Crippen LogP contribution is -1.96. The molecule has 0 amide bonds. The third-order valence-corrected chi connectivity index (χ3v) is 3.29. The summed E-state index contributed by atoms with van der Waals surface area (Å²) in [4.78, 5) is 16.2. The van der Waals surface area contributed by atoms with Crippen molar-refractivity contribution in [2.45, 2.75) is 0 Å². The highest BCUT2D eigenvalue weighted by Gasteiger charge is 2.15. The monoisotopic (exact) mass is 320 g/mol. The second kappa shape index (κ2) is 5.71. The third-order valence-electron chi connectivity index (χ3n) is 2.75. The first kappa shape index (κ1) is 13.9. The Hall–Kier alpha value is -2.11. The number of rotatable bonds is 2. The summed E-state index contributed by atoms with van der Waals surface area (Å²) in [6.45, 7) is 0. The Kier molecular flexibility index (Phi) is 3.77. The van der Waals surface area contributed by atoms with Crippen LogP contribution in [0, 0.1) is 5.82 Å². The molecule has 0 aliphatic heterocycles. The maximum atomic E-state index is 13.3. The SMILES string of the molecule is Fc1cccc(-c2c(Cl)nc(-c3ccncn3)nc2Cl)c1. The van der Waals surface area contributed by atoms with Gasteiger partial charge in [0.1, 0.15) is 28.1 Å². The lowest BCUT2D eigenvalue weighted by Gasteiger charge is -2.08. The van der Waals surface area contributed by atoms with Crippen molar-refractivity contribution in [2.24, 2.45) is 0 Å². The van der Waals surface area contributed by atoms with E-state index in [0.29, 0.717) is 16.8 Å². The number of benzene rings is 1. The molecule has 0 saturated heterocycles. The highest BCUT2D eigenvalue weighted by molar-refractivity contribution is 6.37. The van der Waals surface area contributed by atoms with Crippen molar-refractivity contribution in [1.29, 1.82) is 0 Å². The molecule has 0 aliphatic rings. The smallest absolute Gasteiger partial charge is 0.181 e. The fraction of sp³-hybridized carbons (Fsp3) is 0. The minimum atomic E-state index is -0.389. The van der Waals surface area contributed by atoms with Crippen LogP contribution in [-0.2, 0) is 0 Å². The van der Waals surface area contributed by atoms with E-state index in [1.54, 1.807) is 24.4 Å². The molecule has 104 valence electrons. The summed E-state index contributed by atoms with van der Waals surface area (Å²) in [6, 6.07) is 7.55. The van der Waals surface area contributed by atoms with Crippen LogP contribution < -0.4 is 0 Å². The Morgan fingerprint density at radius 1 is 1.00 bits per heavy atom. The molecule has 3 aromatic rings. The van der Waals surface area contributed by atoms with E-state index in [1.165, 1.54) is 18.5 Å². The van der Waals surface area contributed by atoms with E-state index in [2.05, 4.69) is 19.9 Å². The van der Waals surface area contributed by atoms with Gasteiger partial charge in [-0.1, -0.05) is 35.3 Å². The van der Waals surface area contributed by atoms with E-state index in [0.717, 1.165) is 0 Å². The van der Waals surface area contributed by atoms with Gasteiger partial charge in [-0.15, -0.1) is 0 Å². The zero-order chi connectivity index (χ0) is 14.8. The number of hydrogen-bond donors (Lipinski definition) is 0. The molecule has 0 N–H and O–H groups in total. The largest absolute Gasteiger partial charge is 0.245 e. The van der Waals surface area contributed by atoms with Crippen LogP contribution >= 0.6 is 23.2 Å². The fourth-order valence-electron chi connectivity index (χ4n) is 1.83. The van der Waals surface area contributed by atoms with Gasteiger partial charge in [-0.05, 0) is 23.8 Å². The maximum absolute atomic E-state index is 13.3. The number of hydrogen-bond acceptors (Lipinski definition) is 4. The van der Waals surface area contributed by atoms with E-state index in [-0.39, 0.29) is 21.9 Å². The van der Waals surface area contributed by atoms with Crippen molar-refractivity contribution in [3.63, 3.8) is 0 Å². The second-order valence-electron chi connectivity index (χ2n) is 4.11. The van der Waals surface area contributed by atoms with Gasteiger partial charge in [-0.25, -0.2) is 24.3 Å². The van der Waals surface area contributed by atoms with E-state index in [1.807, 2.05) is 0 Å². The van der Waals surface area contributed by atoms with Crippen LogP contribution in [0.1, 0.15) is 0 Å². The lowest BCUT2D eigenvalue weighted by molar-refractivity contribution is 0.628. The van der Waals surface area contributed by atoms with Gasteiger partial charge >= 0.3 is 0 Å². The van der Waals surface area contributed by atoms with Crippen LogP contribution in [0.5, 0.6) is 0 Å².